The van der Waals surface area contributed by atoms with Crippen LogP contribution in [-0.2, 0) is 11.2 Å². The van der Waals surface area contributed by atoms with E-state index < -0.39 is 0 Å². The molecule has 2 unspecified atom stereocenters. The molecule has 2 fully saturated rings. The molecule has 1 saturated carbocycles. The molecule has 0 bridgehead atoms. The molecule has 1 N–H and O–H groups in total. The minimum Gasteiger partial charge on any atom is -0.375 e. The number of hydrogen-bond acceptors (Lipinski definition) is 3. The fraction of sp³-hybridized carbons (Fsp3) is 0.778. The van der Waals surface area contributed by atoms with Crippen LogP contribution < -0.4 is 5.32 Å². The van der Waals surface area contributed by atoms with Gasteiger partial charge in [0, 0.05) is 17.5 Å². The third kappa shape index (κ3) is 3.88. The van der Waals surface area contributed by atoms with Gasteiger partial charge < -0.3 is 10.1 Å². The van der Waals surface area contributed by atoms with Gasteiger partial charge in [-0.05, 0) is 75.3 Å². The number of nitrogens with one attached hydrogen (secondary N) is 1. The number of ether oxygens (including phenoxy) is 1. The van der Waals surface area contributed by atoms with Crippen LogP contribution in [0.3, 0.4) is 0 Å². The van der Waals surface area contributed by atoms with Crippen LogP contribution in [0, 0.1) is 5.92 Å². The highest BCUT2D eigenvalue weighted by Crippen LogP contribution is 2.45. The summed E-state index contributed by atoms with van der Waals surface area (Å²) in [4.78, 5) is 1.53. The van der Waals surface area contributed by atoms with Crippen molar-refractivity contribution in [3.63, 3.8) is 0 Å². The van der Waals surface area contributed by atoms with E-state index in [4.69, 9.17) is 4.74 Å². The Morgan fingerprint density at radius 1 is 1.48 bits per heavy atom. The molecule has 2 atom stereocenters. The fourth-order valence-electron chi connectivity index (χ4n) is 4.05. The number of hydrogen-bond donors (Lipinski definition) is 1. The molecular weight excluding hydrogens is 278 g/mol. The van der Waals surface area contributed by atoms with E-state index in [2.05, 4.69) is 29.8 Å². The van der Waals surface area contributed by atoms with Gasteiger partial charge in [-0.2, -0.15) is 0 Å². The van der Waals surface area contributed by atoms with Crippen LogP contribution in [0.15, 0.2) is 17.5 Å². The molecule has 118 valence electrons. The van der Waals surface area contributed by atoms with Gasteiger partial charge in [-0.3, -0.25) is 0 Å². The van der Waals surface area contributed by atoms with E-state index in [0.717, 1.165) is 19.1 Å². The molecule has 2 heterocycles. The van der Waals surface area contributed by atoms with Crippen molar-refractivity contribution in [3.05, 3.63) is 22.4 Å². The zero-order valence-electron chi connectivity index (χ0n) is 13.3. The first kappa shape index (κ1) is 15.5. The Balaban J connectivity index is 1.50. The van der Waals surface area contributed by atoms with Crippen molar-refractivity contribution < 1.29 is 4.74 Å². The second kappa shape index (κ2) is 7.26. The molecule has 3 rings (SSSR count). The Kier molecular flexibility index (Phi) is 5.36. The first-order valence-corrected chi connectivity index (χ1v) is 9.59. The predicted octanol–water partition coefficient (Wildman–Crippen LogP) is 4.40. The molecule has 1 spiro atoms. The van der Waals surface area contributed by atoms with Gasteiger partial charge in [-0.1, -0.05) is 13.0 Å². The minimum absolute atomic E-state index is 0.282. The predicted molar refractivity (Wildman–Crippen MR) is 90.0 cm³/mol. The van der Waals surface area contributed by atoms with E-state index in [-0.39, 0.29) is 5.60 Å². The molecule has 2 aliphatic rings. The molecule has 1 saturated heterocycles. The topological polar surface area (TPSA) is 21.3 Å². The average molecular weight is 308 g/mol. The van der Waals surface area contributed by atoms with Gasteiger partial charge in [-0.25, -0.2) is 0 Å². The van der Waals surface area contributed by atoms with Crippen molar-refractivity contribution in [2.75, 3.05) is 13.2 Å². The highest BCUT2D eigenvalue weighted by molar-refractivity contribution is 7.09. The van der Waals surface area contributed by atoms with Gasteiger partial charge in [-0.15, -0.1) is 11.3 Å². The molecule has 1 aromatic heterocycles. The molecule has 0 radical (unpaired) electrons. The number of thiophene rings is 1. The maximum absolute atomic E-state index is 6.10. The molecule has 3 heteroatoms. The molecule has 1 aromatic rings. The highest BCUT2D eigenvalue weighted by Gasteiger charge is 2.43. The van der Waals surface area contributed by atoms with Crippen molar-refractivity contribution in [2.45, 2.75) is 69.9 Å². The molecule has 0 amide bonds. The normalized spacial score (nSPS) is 25.7. The standard InChI is InChI=1S/C18H29NOS/c1-2-19-17(8-3-6-16-7-4-13-21-16)15-9-12-20-18(14-15)10-5-11-18/h4,7,13,15,17,19H,2-3,5-6,8-12,14H2,1H3. The summed E-state index contributed by atoms with van der Waals surface area (Å²) in [6.07, 6.45) is 10.4. The molecule has 21 heavy (non-hydrogen) atoms. The SMILES string of the molecule is CCNC(CCCc1cccs1)C1CCOC2(CCC2)C1. The zero-order chi connectivity index (χ0) is 14.5. The lowest BCUT2D eigenvalue weighted by Gasteiger charge is -2.49. The van der Waals surface area contributed by atoms with Crippen molar-refractivity contribution in [1.82, 2.24) is 5.32 Å². The summed E-state index contributed by atoms with van der Waals surface area (Å²) in [5.41, 5.74) is 0.282. The zero-order valence-corrected chi connectivity index (χ0v) is 14.1. The summed E-state index contributed by atoms with van der Waals surface area (Å²) in [7, 11) is 0. The molecule has 0 aromatic carbocycles. The molecular formula is C18H29NOS. The molecule has 1 aliphatic heterocycles. The Hall–Kier alpha value is -0.380. The van der Waals surface area contributed by atoms with E-state index >= 15 is 0 Å². The summed E-state index contributed by atoms with van der Waals surface area (Å²) in [6.45, 7) is 4.32. The largest absolute Gasteiger partial charge is 0.375 e. The summed E-state index contributed by atoms with van der Waals surface area (Å²) in [6, 6.07) is 5.13. The second-order valence-electron chi connectivity index (χ2n) is 6.77. The molecule has 2 nitrogen and oxygen atoms in total. The first-order chi connectivity index (χ1) is 10.3. The van der Waals surface area contributed by atoms with Crippen molar-refractivity contribution >= 4 is 11.3 Å². The Bertz CT molecular complexity index is 413. The molecule has 1 aliphatic carbocycles. The van der Waals surface area contributed by atoms with Crippen molar-refractivity contribution in [1.29, 1.82) is 0 Å². The van der Waals surface area contributed by atoms with Crippen LogP contribution in [-0.4, -0.2) is 24.8 Å². The van der Waals surface area contributed by atoms with E-state index in [1.807, 2.05) is 11.3 Å². The Morgan fingerprint density at radius 2 is 2.38 bits per heavy atom. The minimum atomic E-state index is 0.282. The van der Waals surface area contributed by atoms with Gasteiger partial charge in [0.25, 0.3) is 0 Å². The summed E-state index contributed by atoms with van der Waals surface area (Å²) in [5, 5.41) is 5.96. The van der Waals surface area contributed by atoms with Crippen LogP contribution in [0.4, 0.5) is 0 Å². The van der Waals surface area contributed by atoms with Gasteiger partial charge in [0.1, 0.15) is 0 Å². The van der Waals surface area contributed by atoms with Crippen molar-refractivity contribution in [3.8, 4) is 0 Å². The Morgan fingerprint density at radius 3 is 3.05 bits per heavy atom. The first-order valence-electron chi connectivity index (χ1n) is 8.71. The van der Waals surface area contributed by atoms with Crippen LogP contribution in [0.2, 0.25) is 0 Å². The third-order valence-corrected chi connectivity index (χ3v) is 6.29. The van der Waals surface area contributed by atoms with Gasteiger partial charge in [0.05, 0.1) is 5.60 Å². The van der Waals surface area contributed by atoms with Crippen LogP contribution in [0.25, 0.3) is 0 Å². The van der Waals surface area contributed by atoms with E-state index in [9.17, 15) is 0 Å². The fourth-order valence-corrected chi connectivity index (χ4v) is 4.80. The summed E-state index contributed by atoms with van der Waals surface area (Å²) < 4.78 is 6.10. The van der Waals surface area contributed by atoms with Crippen LogP contribution in [0.1, 0.15) is 56.7 Å². The lowest BCUT2D eigenvalue weighted by Crippen LogP contribution is -2.50. The van der Waals surface area contributed by atoms with E-state index in [0.29, 0.717) is 6.04 Å². The second-order valence-corrected chi connectivity index (χ2v) is 7.81. The summed E-state index contributed by atoms with van der Waals surface area (Å²) in [5.74, 6) is 0.822. The van der Waals surface area contributed by atoms with Gasteiger partial charge in [0.2, 0.25) is 0 Å². The lowest BCUT2D eigenvalue weighted by atomic mass is 9.70. The van der Waals surface area contributed by atoms with Gasteiger partial charge in [0.15, 0.2) is 0 Å². The Labute approximate surface area is 133 Å². The smallest absolute Gasteiger partial charge is 0.0685 e. The average Bonchev–Trinajstić information content (AvgIpc) is 2.98. The van der Waals surface area contributed by atoms with Gasteiger partial charge >= 0.3 is 0 Å². The number of aryl methyl sites for hydroxylation is 1. The third-order valence-electron chi connectivity index (χ3n) is 5.35. The van der Waals surface area contributed by atoms with Crippen LogP contribution >= 0.6 is 11.3 Å². The van der Waals surface area contributed by atoms with E-state index in [1.54, 1.807) is 0 Å². The van der Waals surface area contributed by atoms with Crippen molar-refractivity contribution in [2.24, 2.45) is 5.92 Å². The summed E-state index contributed by atoms with van der Waals surface area (Å²) >= 11 is 1.90. The monoisotopic (exact) mass is 307 g/mol. The van der Waals surface area contributed by atoms with Crippen LogP contribution in [0.5, 0.6) is 0 Å². The highest BCUT2D eigenvalue weighted by atomic mass is 32.1. The number of rotatable bonds is 7. The maximum Gasteiger partial charge on any atom is 0.0685 e. The quantitative estimate of drug-likeness (QED) is 0.806. The van der Waals surface area contributed by atoms with E-state index in [1.165, 1.54) is 56.2 Å². The lowest BCUT2D eigenvalue weighted by molar-refractivity contribution is -0.147. The maximum atomic E-state index is 6.10.